The monoisotopic (exact) mass is 426 g/mol. The Labute approximate surface area is 180 Å². The van der Waals surface area contributed by atoms with E-state index < -0.39 is 0 Å². The molecule has 1 aliphatic carbocycles. The second-order valence-electron chi connectivity index (χ2n) is 8.70. The molecule has 0 spiro atoms. The number of fused-ring (bicyclic) bond motifs is 1. The number of hydrogen-bond acceptors (Lipinski definition) is 4. The Kier molecular flexibility index (Phi) is 6.53. The molecule has 31 heavy (non-hydrogen) atoms. The number of carbonyl (C=O) groups excluding carboxylic acids is 2. The van der Waals surface area contributed by atoms with E-state index in [4.69, 9.17) is 0 Å². The summed E-state index contributed by atoms with van der Waals surface area (Å²) in [5.41, 5.74) is -0.650. The number of aryl methyl sites for hydroxylation is 1. The van der Waals surface area contributed by atoms with Gasteiger partial charge in [0.15, 0.2) is 0 Å². The highest BCUT2D eigenvalue weighted by atomic mass is 16.2. The van der Waals surface area contributed by atoms with Gasteiger partial charge in [0.25, 0.3) is 11.1 Å². The van der Waals surface area contributed by atoms with Crippen LogP contribution < -0.4 is 16.4 Å². The van der Waals surface area contributed by atoms with Gasteiger partial charge in [-0.05, 0) is 37.8 Å². The summed E-state index contributed by atoms with van der Waals surface area (Å²) < 4.78 is 1.20. The maximum atomic E-state index is 12.7. The standard InChI is InChI=1S/C23H30N4O4/c28-20(12-15-27-23(31)19-9-5-4-8-18(19)21(29)25-27)24-17-10-13-26(14-11-17)22(30)16-6-2-1-3-7-16/h4-5,8-9,16-17H,1-3,6-7,10-15H2,(H,24,28)(H,25,29). The van der Waals surface area contributed by atoms with Crippen molar-refractivity contribution in [2.24, 2.45) is 5.92 Å². The Balaban J connectivity index is 1.27. The van der Waals surface area contributed by atoms with Gasteiger partial charge in [-0.1, -0.05) is 31.4 Å². The van der Waals surface area contributed by atoms with Crippen molar-refractivity contribution in [1.29, 1.82) is 0 Å². The first-order chi connectivity index (χ1) is 15.0. The predicted octanol–water partition coefficient (Wildman–Crippen LogP) is 1.77. The number of piperidine rings is 1. The fourth-order valence-electron chi connectivity index (χ4n) is 4.77. The summed E-state index contributed by atoms with van der Waals surface area (Å²) in [6, 6.07) is 6.69. The molecular formula is C23H30N4O4. The van der Waals surface area contributed by atoms with Crippen LogP contribution in [-0.4, -0.2) is 45.6 Å². The van der Waals surface area contributed by atoms with E-state index >= 15 is 0 Å². The van der Waals surface area contributed by atoms with Crippen LogP contribution in [0.1, 0.15) is 51.4 Å². The van der Waals surface area contributed by atoms with Crippen LogP contribution in [0.5, 0.6) is 0 Å². The molecule has 2 amide bonds. The number of benzene rings is 1. The van der Waals surface area contributed by atoms with Gasteiger partial charge in [-0.2, -0.15) is 0 Å². The minimum Gasteiger partial charge on any atom is -0.353 e. The second kappa shape index (κ2) is 9.49. The van der Waals surface area contributed by atoms with Crippen molar-refractivity contribution in [3.05, 3.63) is 45.0 Å². The summed E-state index contributed by atoms with van der Waals surface area (Å²) in [5.74, 6) is 0.310. The molecule has 1 aromatic heterocycles. The molecule has 8 nitrogen and oxygen atoms in total. The lowest BCUT2D eigenvalue weighted by molar-refractivity contribution is -0.137. The number of likely N-dealkylation sites (tertiary alicyclic amines) is 1. The van der Waals surface area contributed by atoms with Crippen LogP contribution in [0.15, 0.2) is 33.9 Å². The van der Waals surface area contributed by atoms with Crippen LogP contribution >= 0.6 is 0 Å². The van der Waals surface area contributed by atoms with Crippen molar-refractivity contribution in [2.75, 3.05) is 13.1 Å². The molecule has 2 fully saturated rings. The number of nitrogens with zero attached hydrogens (tertiary/aromatic N) is 2. The van der Waals surface area contributed by atoms with Crippen molar-refractivity contribution >= 4 is 22.6 Å². The zero-order valence-corrected chi connectivity index (χ0v) is 17.8. The number of aromatic nitrogens is 2. The van der Waals surface area contributed by atoms with E-state index in [0.29, 0.717) is 23.9 Å². The molecule has 1 aromatic carbocycles. The summed E-state index contributed by atoms with van der Waals surface area (Å²) in [5, 5.41) is 6.27. The van der Waals surface area contributed by atoms with Gasteiger partial charge >= 0.3 is 0 Å². The second-order valence-corrected chi connectivity index (χ2v) is 8.70. The number of amides is 2. The molecule has 1 saturated heterocycles. The summed E-state index contributed by atoms with van der Waals surface area (Å²) >= 11 is 0. The lowest BCUT2D eigenvalue weighted by Crippen LogP contribution is -2.48. The zero-order valence-electron chi connectivity index (χ0n) is 17.8. The summed E-state index contributed by atoms with van der Waals surface area (Å²) in [6.07, 6.45) is 7.14. The number of hydrogen-bond donors (Lipinski definition) is 2. The quantitative estimate of drug-likeness (QED) is 0.760. The Morgan fingerprint density at radius 1 is 0.968 bits per heavy atom. The predicted molar refractivity (Wildman–Crippen MR) is 118 cm³/mol. The smallest absolute Gasteiger partial charge is 0.273 e. The lowest BCUT2D eigenvalue weighted by Gasteiger charge is -2.35. The van der Waals surface area contributed by atoms with Gasteiger partial charge in [0.1, 0.15) is 0 Å². The largest absolute Gasteiger partial charge is 0.353 e. The lowest BCUT2D eigenvalue weighted by atomic mass is 9.87. The van der Waals surface area contributed by atoms with E-state index in [1.807, 2.05) is 4.90 Å². The topological polar surface area (TPSA) is 104 Å². The van der Waals surface area contributed by atoms with Crippen molar-refractivity contribution < 1.29 is 9.59 Å². The molecule has 166 valence electrons. The van der Waals surface area contributed by atoms with E-state index in [1.54, 1.807) is 24.3 Å². The Hall–Kier alpha value is -2.90. The number of rotatable bonds is 5. The summed E-state index contributed by atoms with van der Waals surface area (Å²) in [6.45, 7) is 1.47. The van der Waals surface area contributed by atoms with E-state index in [-0.39, 0.29) is 47.9 Å². The number of nitrogens with one attached hydrogen (secondary N) is 2. The molecule has 2 N–H and O–H groups in total. The molecule has 1 saturated carbocycles. The van der Waals surface area contributed by atoms with Crippen molar-refractivity contribution in [3.63, 3.8) is 0 Å². The Morgan fingerprint density at radius 2 is 1.65 bits per heavy atom. The molecule has 8 heteroatoms. The third-order valence-electron chi connectivity index (χ3n) is 6.57. The van der Waals surface area contributed by atoms with Gasteiger partial charge in [0.05, 0.1) is 17.3 Å². The molecular weight excluding hydrogens is 396 g/mol. The average molecular weight is 427 g/mol. The Morgan fingerprint density at radius 3 is 2.35 bits per heavy atom. The fraction of sp³-hybridized carbons (Fsp3) is 0.565. The molecule has 2 heterocycles. The van der Waals surface area contributed by atoms with E-state index in [1.165, 1.54) is 11.1 Å². The highest BCUT2D eigenvalue weighted by molar-refractivity contribution is 5.80. The van der Waals surface area contributed by atoms with Crippen molar-refractivity contribution in [1.82, 2.24) is 20.0 Å². The highest BCUT2D eigenvalue weighted by Gasteiger charge is 2.29. The fourth-order valence-corrected chi connectivity index (χ4v) is 4.77. The molecule has 1 aliphatic heterocycles. The number of H-pyrrole nitrogens is 1. The summed E-state index contributed by atoms with van der Waals surface area (Å²) in [4.78, 5) is 51.7. The summed E-state index contributed by atoms with van der Waals surface area (Å²) in [7, 11) is 0. The molecule has 0 bridgehead atoms. The van der Waals surface area contributed by atoms with Gasteiger partial charge in [-0.15, -0.1) is 0 Å². The van der Waals surface area contributed by atoms with Gasteiger partial charge in [0.2, 0.25) is 11.8 Å². The SMILES string of the molecule is O=C(CCn1[nH]c(=O)c2ccccc2c1=O)NC1CCN(C(=O)C2CCCCC2)CC1. The van der Waals surface area contributed by atoms with Crippen LogP contribution in [0, 0.1) is 5.92 Å². The van der Waals surface area contributed by atoms with Gasteiger partial charge in [-0.3, -0.25) is 24.3 Å². The van der Waals surface area contributed by atoms with Crippen LogP contribution in [-0.2, 0) is 16.1 Å². The number of aromatic amines is 1. The molecule has 2 aliphatic rings. The van der Waals surface area contributed by atoms with E-state index in [0.717, 1.165) is 38.5 Å². The van der Waals surface area contributed by atoms with Crippen LogP contribution in [0.25, 0.3) is 10.8 Å². The van der Waals surface area contributed by atoms with Gasteiger partial charge in [-0.25, -0.2) is 4.68 Å². The highest BCUT2D eigenvalue weighted by Crippen LogP contribution is 2.26. The Bertz CT molecular complexity index is 1060. The van der Waals surface area contributed by atoms with Crippen LogP contribution in [0.4, 0.5) is 0 Å². The van der Waals surface area contributed by atoms with Crippen LogP contribution in [0.2, 0.25) is 0 Å². The van der Waals surface area contributed by atoms with Crippen LogP contribution in [0.3, 0.4) is 0 Å². The number of carbonyl (C=O) groups is 2. The molecule has 0 atom stereocenters. The minimum atomic E-state index is -0.342. The zero-order chi connectivity index (χ0) is 21.8. The third-order valence-corrected chi connectivity index (χ3v) is 6.57. The van der Waals surface area contributed by atoms with E-state index in [9.17, 15) is 19.2 Å². The molecule has 0 radical (unpaired) electrons. The first kappa shape index (κ1) is 21.3. The molecule has 4 rings (SSSR count). The average Bonchev–Trinajstić information content (AvgIpc) is 2.81. The third kappa shape index (κ3) is 4.89. The van der Waals surface area contributed by atoms with Crippen molar-refractivity contribution in [3.8, 4) is 0 Å². The van der Waals surface area contributed by atoms with Crippen molar-refractivity contribution in [2.45, 2.75) is 64.0 Å². The molecule has 2 aromatic rings. The first-order valence-electron chi connectivity index (χ1n) is 11.3. The first-order valence-corrected chi connectivity index (χ1v) is 11.3. The minimum absolute atomic E-state index is 0.0373. The normalized spacial score (nSPS) is 18.3. The maximum Gasteiger partial charge on any atom is 0.273 e. The van der Waals surface area contributed by atoms with E-state index in [2.05, 4.69) is 10.4 Å². The van der Waals surface area contributed by atoms with Gasteiger partial charge < -0.3 is 10.2 Å². The molecule has 0 unspecified atom stereocenters. The van der Waals surface area contributed by atoms with Gasteiger partial charge in [0, 0.05) is 31.5 Å². The maximum absolute atomic E-state index is 12.7.